The molecule has 3 aliphatic heterocycles. The van der Waals surface area contributed by atoms with E-state index in [2.05, 4.69) is 20.9 Å². The summed E-state index contributed by atoms with van der Waals surface area (Å²) in [5.74, 6) is -0.336. The minimum Gasteiger partial charge on any atom is -0.378 e. The van der Waals surface area contributed by atoms with Crippen molar-refractivity contribution in [2.45, 2.75) is 94.6 Å². The summed E-state index contributed by atoms with van der Waals surface area (Å²) < 4.78 is 51.2. The summed E-state index contributed by atoms with van der Waals surface area (Å²) in [7, 11) is -3.94. The molecule has 0 bridgehead atoms. The maximum Gasteiger partial charge on any atom is 0.264 e. The zero-order chi connectivity index (χ0) is 30.8. The molecule has 4 fully saturated rings. The van der Waals surface area contributed by atoms with Gasteiger partial charge in [-0.2, -0.15) is 8.42 Å². The molecule has 4 N–H and O–H groups in total. The highest BCUT2D eigenvalue weighted by Gasteiger charge is 2.39. The second-order valence-electron chi connectivity index (χ2n) is 12.9. The van der Waals surface area contributed by atoms with Crippen LogP contribution in [0.25, 0.3) is 0 Å². The molecule has 4 rings (SSSR count). The molecule has 11 nitrogen and oxygen atoms in total. The first-order valence-corrected chi connectivity index (χ1v) is 18.2. The Balaban J connectivity index is 1.00. The summed E-state index contributed by atoms with van der Waals surface area (Å²) in [6.07, 6.45) is 7.06. The quantitative estimate of drug-likeness (QED) is 0.119. The maximum atomic E-state index is 15.0. The summed E-state index contributed by atoms with van der Waals surface area (Å²) in [4.78, 5) is 29.1. The Morgan fingerprint density at radius 1 is 1.02 bits per heavy atom. The number of ether oxygens (including phenoxy) is 1. The average molecular weight is 652 g/mol. The molecule has 0 radical (unpaired) electrons. The van der Waals surface area contributed by atoms with Crippen LogP contribution in [-0.4, -0.2) is 117 Å². The van der Waals surface area contributed by atoms with Gasteiger partial charge in [0, 0.05) is 65.3 Å². The minimum atomic E-state index is -3.94. The zero-order valence-corrected chi connectivity index (χ0v) is 26.8. The molecule has 2 amide bonds. The number of alkyl halides is 2. The van der Waals surface area contributed by atoms with Crippen LogP contribution in [0.1, 0.15) is 70.6 Å². The van der Waals surface area contributed by atoms with E-state index >= 15 is 0 Å². The summed E-state index contributed by atoms with van der Waals surface area (Å²) in [6, 6.07) is 0. The number of amides is 2. The predicted molar refractivity (Wildman–Crippen MR) is 163 cm³/mol. The Morgan fingerprint density at radius 2 is 1.74 bits per heavy atom. The van der Waals surface area contributed by atoms with Crippen molar-refractivity contribution in [1.82, 2.24) is 25.8 Å². The van der Waals surface area contributed by atoms with Crippen molar-refractivity contribution in [3.8, 4) is 0 Å². The van der Waals surface area contributed by atoms with Crippen molar-refractivity contribution in [2.24, 2.45) is 17.8 Å². The summed E-state index contributed by atoms with van der Waals surface area (Å²) >= 11 is 6.15. The lowest BCUT2D eigenvalue weighted by Gasteiger charge is -2.41. The Morgan fingerprint density at radius 3 is 2.42 bits per heavy atom. The van der Waals surface area contributed by atoms with Gasteiger partial charge in [-0.3, -0.25) is 29.7 Å². The Bertz CT molecular complexity index is 990. The number of nitrogens with one attached hydrogen (secondary N) is 3. The molecule has 1 saturated carbocycles. The third-order valence-corrected chi connectivity index (χ3v) is 10.6. The van der Waals surface area contributed by atoms with Crippen LogP contribution in [-0.2, 0) is 24.4 Å². The van der Waals surface area contributed by atoms with Gasteiger partial charge in [0.15, 0.2) is 0 Å². The van der Waals surface area contributed by atoms with Gasteiger partial charge in [-0.25, -0.2) is 4.39 Å². The van der Waals surface area contributed by atoms with E-state index in [1.807, 2.05) is 0 Å². The molecule has 43 heavy (non-hydrogen) atoms. The lowest BCUT2D eigenvalue weighted by Crippen LogP contribution is -2.62. The largest absolute Gasteiger partial charge is 0.378 e. The van der Waals surface area contributed by atoms with Crippen LogP contribution < -0.4 is 16.0 Å². The second kappa shape index (κ2) is 17.0. The van der Waals surface area contributed by atoms with Gasteiger partial charge in [0.05, 0.1) is 23.2 Å². The molecule has 248 valence electrons. The third kappa shape index (κ3) is 11.7. The number of nitrogens with zero attached hydrogens (tertiary/aromatic N) is 2. The van der Waals surface area contributed by atoms with E-state index in [-0.39, 0.29) is 53.6 Å². The van der Waals surface area contributed by atoms with Gasteiger partial charge in [0.25, 0.3) is 10.1 Å². The monoisotopic (exact) mass is 651 g/mol. The lowest BCUT2D eigenvalue weighted by atomic mass is 9.83. The molecule has 1 aliphatic carbocycles. The van der Waals surface area contributed by atoms with E-state index in [1.165, 1.54) is 12.8 Å². The van der Waals surface area contributed by atoms with Crippen molar-refractivity contribution in [2.75, 3.05) is 58.2 Å². The number of piperidine rings is 1. The van der Waals surface area contributed by atoms with Gasteiger partial charge >= 0.3 is 0 Å². The summed E-state index contributed by atoms with van der Waals surface area (Å²) in [5, 5.41) is 9.91. The van der Waals surface area contributed by atoms with Crippen molar-refractivity contribution >= 4 is 33.5 Å². The molecular weight excluding hydrogens is 601 g/mol. The predicted octanol–water partition coefficient (Wildman–Crippen LogP) is 2.11. The zero-order valence-electron chi connectivity index (χ0n) is 25.2. The standard InChI is InChI=1S/C29H51ClFN5O6S/c30-24-17-33-29(34-18-24)35-11-8-21(9-12-35)5-4-13-42-25-7-6-22(26(31)16-25)15-27(37)36-19-23(20-36)28(38)32-10-2-1-3-14-43(39,40)41/h21-26,29,33-34H,1-20H2,(H,32,38)(H,39,40,41). The van der Waals surface area contributed by atoms with Gasteiger partial charge in [-0.1, -0.05) is 6.42 Å². The van der Waals surface area contributed by atoms with Crippen LogP contribution in [0.5, 0.6) is 0 Å². The van der Waals surface area contributed by atoms with E-state index in [0.717, 1.165) is 45.4 Å². The average Bonchev–Trinajstić information content (AvgIpc) is 2.94. The van der Waals surface area contributed by atoms with Gasteiger partial charge in [0.1, 0.15) is 12.5 Å². The number of carbonyl (C=O) groups is 2. The fourth-order valence-electron chi connectivity index (χ4n) is 6.67. The van der Waals surface area contributed by atoms with E-state index in [4.69, 9.17) is 20.9 Å². The van der Waals surface area contributed by atoms with Crippen LogP contribution in [0.3, 0.4) is 0 Å². The first-order chi connectivity index (χ1) is 20.6. The fourth-order valence-corrected chi connectivity index (χ4v) is 7.42. The highest BCUT2D eigenvalue weighted by atomic mass is 35.5. The number of hydrogen-bond acceptors (Lipinski definition) is 8. The molecule has 14 heteroatoms. The van der Waals surface area contributed by atoms with Crippen LogP contribution in [0, 0.1) is 17.8 Å². The number of rotatable bonds is 15. The summed E-state index contributed by atoms with van der Waals surface area (Å²) in [5.41, 5.74) is 0. The Kier molecular flexibility index (Phi) is 13.7. The fraction of sp³-hybridized carbons (Fsp3) is 0.931. The normalized spacial score (nSPS) is 29.7. The van der Waals surface area contributed by atoms with Gasteiger partial charge < -0.3 is 15.0 Å². The Labute approximate surface area is 261 Å². The smallest absolute Gasteiger partial charge is 0.264 e. The van der Waals surface area contributed by atoms with E-state index in [1.54, 1.807) is 4.90 Å². The highest BCUT2D eigenvalue weighted by molar-refractivity contribution is 7.85. The van der Waals surface area contributed by atoms with Crippen LogP contribution >= 0.6 is 11.6 Å². The third-order valence-electron chi connectivity index (χ3n) is 9.47. The number of halogens is 2. The van der Waals surface area contributed by atoms with Crippen molar-refractivity contribution in [1.29, 1.82) is 0 Å². The van der Waals surface area contributed by atoms with Gasteiger partial charge in [0.2, 0.25) is 11.8 Å². The number of hydrogen-bond donors (Lipinski definition) is 4. The van der Waals surface area contributed by atoms with Crippen molar-refractivity contribution in [3.05, 3.63) is 0 Å². The van der Waals surface area contributed by atoms with Gasteiger partial charge in [-0.05, 0) is 63.2 Å². The molecule has 3 saturated heterocycles. The molecule has 0 aromatic carbocycles. The molecular formula is C29H51ClFN5O6S. The van der Waals surface area contributed by atoms with Crippen LogP contribution in [0.2, 0.25) is 0 Å². The Hall–Kier alpha value is -1.09. The minimum absolute atomic E-state index is 0.0810. The maximum absolute atomic E-state index is 15.0. The van der Waals surface area contributed by atoms with Gasteiger partial charge in [-0.15, -0.1) is 11.6 Å². The summed E-state index contributed by atoms with van der Waals surface area (Å²) in [6.45, 7) is 5.61. The van der Waals surface area contributed by atoms with Crippen LogP contribution in [0.15, 0.2) is 0 Å². The molecule has 0 aromatic rings. The van der Waals surface area contributed by atoms with Crippen molar-refractivity contribution in [3.63, 3.8) is 0 Å². The van der Waals surface area contributed by atoms with Crippen molar-refractivity contribution < 1.29 is 31.7 Å². The highest BCUT2D eigenvalue weighted by Crippen LogP contribution is 2.33. The molecule has 0 aromatic heterocycles. The van der Waals surface area contributed by atoms with E-state index < -0.39 is 16.3 Å². The number of unbranched alkanes of at least 4 members (excludes halogenated alkanes) is 2. The van der Waals surface area contributed by atoms with E-state index in [0.29, 0.717) is 64.3 Å². The molecule has 3 unspecified atom stereocenters. The number of likely N-dealkylation sites (tertiary alicyclic amines) is 2. The first kappa shape index (κ1) is 34.8. The number of carbonyl (C=O) groups excluding carboxylic acids is 2. The SMILES string of the molecule is O=C(NCCCCCS(=O)(=O)O)C1CN(C(=O)CC2CCC(OCCCC3CCN(C4NCC(Cl)CN4)CC3)CC2F)C1. The molecule has 3 atom stereocenters. The topological polar surface area (TPSA) is 140 Å². The molecule has 0 spiro atoms. The molecule has 3 heterocycles. The second-order valence-corrected chi connectivity index (χ2v) is 15.0. The van der Waals surface area contributed by atoms with Crippen LogP contribution in [0.4, 0.5) is 4.39 Å². The van der Waals surface area contributed by atoms with E-state index in [9.17, 15) is 22.4 Å². The lowest BCUT2D eigenvalue weighted by molar-refractivity contribution is -0.144. The molecule has 4 aliphatic rings. The first-order valence-electron chi connectivity index (χ1n) is 16.2.